The highest BCUT2D eigenvalue weighted by molar-refractivity contribution is 5.72. The average Bonchev–Trinajstić information content (AvgIpc) is 2.55. The Morgan fingerprint density at radius 1 is 1.27 bits per heavy atom. The van der Waals surface area contributed by atoms with Crippen molar-refractivity contribution in [1.29, 1.82) is 0 Å². The number of benzene rings is 1. The first-order valence-electron chi connectivity index (χ1n) is 7.07. The van der Waals surface area contributed by atoms with Crippen molar-refractivity contribution >= 4 is 23.5 Å². The molecule has 0 bridgehead atoms. The van der Waals surface area contributed by atoms with Crippen LogP contribution < -0.4 is 4.90 Å². The lowest BCUT2D eigenvalue weighted by Gasteiger charge is -2.21. The molecule has 0 aliphatic carbocycles. The Morgan fingerprint density at radius 3 is 2.68 bits per heavy atom. The lowest BCUT2D eigenvalue weighted by atomic mass is 10.1. The third kappa shape index (κ3) is 3.58. The summed E-state index contributed by atoms with van der Waals surface area (Å²) < 4.78 is 13.9. The summed E-state index contributed by atoms with van der Waals surface area (Å²) in [5, 5.41) is 0. The summed E-state index contributed by atoms with van der Waals surface area (Å²) in [6, 6.07) is 2.91. The normalized spacial score (nSPS) is 11.0. The maximum Gasteiger partial charge on any atom is 0.151 e. The van der Waals surface area contributed by atoms with Crippen molar-refractivity contribution in [2.45, 2.75) is 13.8 Å². The predicted octanol–water partition coefficient (Wildman–Crippen LogP) is 3.30. The zero-order valence-corrected chi connectivity index (χ0v) is 13.3. The Morgan fingerprint density at radius 2 is 2.05 bits per heavy atom. The largest absolute Gasteiger partial charge is 0.366 e. The molecule has 0 saturated carbocycles. The topological polar surface area (TPSA) is 44.6 Å². The molecule has 0 aliphatic rings. The van der Waals surface area contributed by atoms with Crippen molar-refractivity contribution in [3.05, 3.63) is 42.1 Å². The molecule has 6 heteroatoms. The molecular weight excluding hydrogens is 281 g/mol. The van der Waals surface area contributed by atoms with Gasteiger partial charge < -0.3 is 9.80 Å². The lowest BCUT2D eigenvalue weighted by Crippen LogP contribution is -2.15. The zero-order valence-electron chi connectivity index (χ0n) is 13.3. The fraction of sp³-hybridized carbons (Fsp3) is 0.312. The van der Waals surface area contributed by atoms with E-state index < -0.39 is 0 Å². The number of anilines is 2. The van der Waals surface area contributed by atoms with Crippen molar-refractivity contribution in [1.82, 2.24) is 14.9 Å². The van der Waals surface area contributed by atoms with Crippen LogP contribution in [0.1, 0.15) is 12.5 Å². The summed E-state index contributed by atoms with van der Waals surface area (Å²) in [6.07, 6.45) is 6.55. The average molecular weight is 301 g/mol. The molecule has 0 atom stereocenters. The van der Waals surface area contributed by atoms with Crippen LogP contribution in [0.4, 0.5) is 21.6 Å². The maximum absolute atomic E-state index is 13.9. The molecule has 1 aromatic heterocycles. The van der Waals surface area contributed by atoms with Gasteiger partial charge in [0.1, 0.15) is 5.82 Å². The first kappa shape index (κ1) is 15.9. The van der Waals surface area contributed by atoms with Gasteiger partial charge in [-0.1, -0.05) is 0 Å². The van der Waals surface area contributed by atoms with Gasteiger partial charge in [0, 0.05) is 33.0 Å². The molecule has 0 aliphatic heterocycles. The van der Waals surface area contributed by atoms with Crippen LogP contribution in [0.15, 0.2) is 35.7 Å². The van der Waals surface area contributed by atoms with Crippen molar-refractivity contribution in [2.24, 2.45) is 4.99 Å². The summed E-state index contributed by atoms with van der Waals surface area (Å²) in [6.45, 7) is 4.78. The van der Waals surface area contributed by atoms with E-state index in [1.54, 1.807) is 29.8 Å². The van der Waals surface area contributed by atoms with Crippen LogP contribution in [-0.4, -0.2) is 41.8 Å². The number of hydrogen-bond donors (Lipinski definition) is 0. The minimum Gasteiger partial charge on any atom is -0.366 e. The van der Waals surface area contributed by atoms with Crippen molar-refractivity contribution in [3.8, 4) is 0 Å². The summed E-state index contributed by atoms with van der Waals surface area (Å²) in [4.78, 5) is 16.4. The van der Waals surface area contributed by atoms with E-state index in [1.807, 2.05) is 32.8 Å². The smallest absolute Gasteiger partial charge is 0.151 e. The Kier molecular flexibility index (Phi) is 5.04. The summed E-state index contributed by atoms with van der Waals surface area (Å²) in [5.41, 5.74) is 2.20. The van der Waals surface area contributed by atoms with Crippen LogP contribution >= 0.6 is 0 Å². The second-order valence-corrected chi connectivity index (χ2v) is 5.01. The molecule has 2 aromatic rings. The molecule has 1 heterocycles. The molecule has 5 nitrogen and oxygen atoms in total. The van der Waals surface area contributed by atoms with Crippen LogP contribution in [0.3, 0.4) is 0 Å². The van der Waals surface area contributed by atoms with E-state index in [0.29, 0.717) is 17.2 Å². The van der Waals surface area contributed by atoms with Crippen molar-refractivity contribution in [2.75, 3.05) is 25.5 Å². The minimum atomic E-state index is -0.331. The number of hydrogen-bond acceptors (Lipinski definition) is 4. The Bertz CT molecular complexity index is 657. The van der Waals surface area contributed by atoms with Gasteiger partial charge in [-0.3, -0.25) is 4.98 Å². The van der Waals surface area contributed by atoms with Crippen LogP contribution in [-0.2, 0) is 0 Å². The number of nitrogens with zero attached hydrogens (tertiary/aromatic N) is 5. The van der Waals surface area contributed by atoms with Gasteiger partial charge in [0.25, 0.3) is 0 Å². The summed E-state index contributed by atoms with van der Waals surface area (Å²) in [5.74, 6) is 0.319. The van der Waals surface area contributed by atoms with Crippen LogP contribution in [0, 0.1) is 12.7 Å². The Hall–Kier alpha value is -2.50. The SMILES string of the molecule is CCN(C)C=Nc1cc(F)cc(N(C)c2cnccn2)c1C. The second kappa shape index (κ2) is 6.98. The summed E-state index contributed by atoms with van der Waals surface area (Å²) in [7, 11) is 3.75. The minimum absolute atomic E-state index is 0.331. The molecule has 22 heavy (non-hydrogen) atoms. The van der Waals surface area contributed by atoms with Gasteiger partial charge in [-0.2, -0.15) is 0 Å². The van der Waals surface area contributed by atoms with E-state index in [9.17, 15) is 4.39 Å². The van der Waals surface area contributed by atoms with Gasteiger partial charge in [-0.05, 0) is 31.5 Å². The van der Waals surface area contributed by atoms with Gasteiger partial charge in [-0.15, -0.1) is 0 Å². The second-order valence-electron chi connectivity index (χ2n) is 5.01. The molecule has 0 fully saturated rings. The molecule has 0 unspecified atom stereocenters. The monoisotopic (exact) mass is 301 g/mol. The third-order valence-corrected chi connectivity index (χ3v) is 3.46. The van der Waals surface area contributed by atoms with E-state index >= 15 is 0 Å². The van der Waals surface area contributed by atoms with Gasteiger partial charge in [-0.25, -0.2) is 14.4 Å². The van der Waals surface area contributed by atoms with Crippen LogP contribution in [0.2, 0.25) is 0 Å². The highest BCUT2D eigenvalue weighted by Gasteiger charge is 2.13. The first-order chi connectivity index (χ1) is 10.5. The number of rotatable bonds is 5. The molecule has 0 spiro atoms. The molecule has 2 rings (SSSR count). The highest BCUT2D eigenvalue weighted by Crippen LogP contribution is 2.32. The van der Waals surface area contributed by atoms with Crippen LogP contribution in [0.5, 0.6) is 0 Å². The highest BCUT2D eigenvalue weighted by atomic mass is 19.1. The quantitative estimate of drug-likeness (QED) is 0.628. The van der Waals surface area contributed by atoms with Gasteiger partial charge in [0.15, 0.2) is 5.82 Å². The molecule has 0 saturated heterocycles. The molecule has 116 valence electrons. The molecule has 1 aromatic carbocycles. The summed E-state index contributed by atoms with van der Waals surface area (Å²) >= 11 is 0. The Balaban J connectivity index is 2.40. The van der Waals surface area contributed by atoms with Crippen LogP contribution in [0.25, 0.3) is 0 Å². The fourth-order valence-corrected chi connectivity index (χ4v) is 1.96. The van der Waals surface area contributed by atoms with Crippen molar-refractivity contribution in [3.63, 3.8) is 0 Å². The lowest BCUT2D eigenvalue weighted by molar-refractivity contribution is 0.552. The van der Waals surface area contributed by atoms with E-state index in [2.05, 4.69) is 15.0 Å². The van der Waals surface area contributed by atoms with E-state index in [4.69, 9.17) is 0 Å². The van der Waals surface area contributed by atoms with Gasteiger partial charge >= 0.3 is 0 Å². The molecule has 0 radical (unpaired) electrons. The first-order valence-corrected chi connectivity index (χ1v) is 7.07. The van der Waals surface area contributed by atoms with E-state index in [-0.39, 0.29) is 5.82 Å². The Labute approximate surface area is 130 Å². The van der Waals surface area contributed by atoms with Gasteiger partial charge in [0.05, 0.1) is 23.9 Å². The predicted molar refractivity (Wildman–Crippen MR) is 87.7 cm³/mol. The number of aromatic nitrogens is 2. The standard InChI is InChI=1S/C16H20FN5/c1-5-21(3)11-20-14-8-13(17)9-15(12(14)2)22(4)16-10-18-6-7-19-16/h6-11H,5H2,1-4H3. The maximum atomic E-state index is 13.9. The molecule has 0 amide bonds. The van der Waals surface area contributed by atoms with E-state index in [0.717, 1.165) is 12.1 Å². The number of aliphatic imine (C=N–C) groups is 1. The molecular formula is C16H20FN5. The van der Waals surface area contributed by atoms with Gasteiger partial charge in [0.2, 0.25) is 0 Å². The zero-order chi connectivity index (χ0) is 16.1. The fourth-order valence-electron chi connectivity index (χ4n) is 1.96. The molecule has 0 N–H and O–H groups in total. The van der Waals surface area contributed by atoms with Crippen molar-refractivity contribution < 1.29 is 4.39 Å². The third-order valence-electron chi connectivity index (χ3n) is 3.46. The number of halogens is 1. The van der Waals surface area contributed by atoms with E-state index in [1.165, 1.54) is 12.1 Å².